The Balaban J connectivity index is 1.68. The minimum Gasteiger partial charge on any atom is -0.496 e. The van der Waals surface area contributed by atoms with Gasteiger partial charge in [-0.1, -0.05) is 11.6 Å². The number of carbonyl (C=O) groups excluding carboxylic acids is 2. The van der Waals surface area contributed by atoms with E-state index in [9.17, 15) is 24.2 Å². The maximum Gasteiger partial charge on any atom is 0.319 e. The molecular weight excluding hydrogens is 514 g/mol. The number of aliphatic hydroxyl groups is 2. The predicted molar refractivity (Wildman–Crippen MR) is 130 cm³/mol. The van der Waals surface area contributed by atoms with Crippen LogP contribution in [-0.4, -0.2) is 59.5 Å². The number of amides is 3. The smallest absolute Gasteiger partial charge is 0.319 e. The average molecular weight is 537 g/mol. The monoisotopic (exact) mass is 536 g/mol. The lowest BCUT2D eigenvalue weighted by Crippen LogP contribution is -2.40. The zero-order chi connectivity index (χ0) is 26.7. The number of rotatable bonds is 9. The number of hydrogen-bond acceptors (Lipinski definition) is 7. The second-order valence-electron chi connectivity index (χ2n) is 8.25. The molecule has 0 saturated heterocycles. The van der Waals surface area contributed by atoms with Crippen molar-refractivity contribution in [3.05, 3.63) is 52.7 Å². The van der Waals surface area contributed by atoms with Crippen LogP contribution in [-0.2, 0) is 0 Å². The van der Waals surface area contributed by atoms with Gasteiger partial charge in [0.2, 0.25) is 0 Å². The number of nitrogens with one attached hydrogen (secondary N) is 3. The highest BCUT2D eigenvalue weighted by Crippen LogP contribution is 2.39. The van der Waals surface area contributed by atoms with E-state index in [1.54, 1.807) is 0 Å². The van der Waals surface area contributed by atoms with E-state index < -0.39 is 53.6 Å². The van der Waals surface area contributed by atoms with E-state index in [0.29, 0.717) is 0 Å². The zero-order valence-corrected chi connectivity index (χ0v) is 20.2. The van der Waals surface area contributed by atoms with Crippen LogP contribution in [0.2, 0.25) is 5.02 Å². The molecule has 196 valence electrons. The lowest BCUT2D eigenvalue weighted by Gasteiger charge is -2.17. The molecule has 5 N–H and O–H groups in total. The fourth-order valence-corrected chi connectivity index (χ4v) is 3.63. The molecule has 0 radical (unpaired) electrons. The lowest BCUT2D eigenvalue weighted by atomic mass is 10.1. The van der Waals surface area contributed by atoms with Crippen LogP contribution in [0.5, 0.6) is 17.2 Å². The first-order chi connectivity index (χ1) is 17.7. The molecule has 0 spiro atoms. The van der Waals surface area contributed by atoms with Gasteiger partial charge in [-0.3, -0.25) is 9.78 Å². The summed E-state index contributed by atoms with van der Waals surface area (Å²) < 4.78 is 40.8. The van der Waals surface area contributed by atoms with Gasteiger partial charge < -0.3 is 35.6 Å². The van der Waals surface area contributed by atoms with Crippen molar-refractivity contribution in [2.45, 2.75) is 24.9 Å². The van der Waals surface area contributed by atoms with Crippen molar-refractivity contribution in [3.63, 3.8) is 0 Å². The van der Waals surface area contributed by atoms with E-state index in [4.69, 9.17) is 21.1 Å². The number of methoxy groups -OCH3 is 1. The van der Waals surface area contributed by atoms with Gasteiger partial charge in [0.1, 0.15) is 16.5 Å². The highest BCUT2D eigenvalue weighted by Gasteiger charge is 2.26. The Kier molecular flexibility index (Phi) is 7.91. The zero-order valence-electron chi connectivity index (χ0n) is 19.5. The first-order valence-electron chi connectivity index (χ1n) is 11.2. The van der Waals surface area contributed by atoms with Crippen molar-refractivity contribution < 1.29 is 38.1 Å². The highest BCUT2D eigenvalue weighted by molar-refractivity contribution is 6.34. The second kappa shape index (κ2) is 11.1. The van der Waals surface area contributed by atoms with Crippen molar-refractivity contribution in [3.8, 4) is 17.2 Å². The number of ether oxygens (including phenoxy) is 2. The number of pyridine rings is 1. The van der Waals surface area contributed by atoms with Crippen LogP contribution in [0.3, 0.4) is 0 Å². The third-order valence-corrected chi connectivity index (χ3v) is 5.90. The summed E-state index contributed by atoms with van der Waals surface area (Å²) in [4.78, 5) is 28.9. The van der Waals surface area contributed by atoms with Gasteiger partial charge in [0, 0.05) is 29.8 Å². The summed E-state index contributed by atoms with van der Waals surface area (Å²) in [5.41, 5.74) is 0.0152. The van der Waals surface area contributed by atoms with Gasteiger partial charge in [-0.15, -0.1) is 0 Å². The molecule has 1 heterocycles. The van der Waals surface area contributed by atoms with Crippen molar-refractivity contribution in [1.82, 2.24) is 15.6 Å². The van der Waals surface area contributed by atoms with Gasteiger partial charge in [0.25, 0.3) is 5.91 Å². The lowest BCUT2D eigenvalue weighted by molar-refractivity contribution is 0.0876. The molecule has 13 heteroatoms. The number of aliphatic hydroxyl groups excluding tert-OH is 2. The Hall–Kier alpha value is -3.74. The summed E-state index contributed by atoms with van der Waals surface area (Å²) in [6.07, 6.45) is 2.99. The molecular formula is C24H23ClF2N4O6. The van der Waals surface area contributed by atoms with Crippen molar-refractivity contribution in [1.29, 1.82) is 0 Å². The molecule has 10 nitrogen and oxygen atoms in total. The maximum atomic E-state index is 15.1. The molecule has 0 aliphatic heterocycles. The minimum atomic E-state index is -1.24. The third kappa shape index (κ3) is 5.82. The molecule has 1 aliphatic carbocycles. The molecule has 37 heavy (non-hydrogen) atoms. The van der Waals surface area contributed by atoms with Crippen LogP contribution in [0, 0.1) is 11.6 Å². The molecule has 2 aromatic carbocycles. The predicted octanol–water partition coefficient (Wildman–Crippen LogP) is 3.33. The fraction of sp³-hybridized carbons (Fsp3) is 0.292. The summed E-state index contributed by atoms with van der Waals surface area (Å²) in [5.74, 6) is -3.80. The van der Waals surface area contributed by atoms with E-state index in [-0.39, 0.29) is 39.7 Å². The number of aromatic nitrogens is 1. The molecule has 3 aromatic rings. The number of benzene rings is 2. The van der Waals surface area contributed by atoms with E-state index >= 15 is 4.39 Å². The van der Waals surface area contributed by atoms with Crippen LogP contribution in [0.25, 0.3) is 10.9 Å². The SMILES string of the molecule is COc1cc2nccc(Oc3c(F)cc(NC(=O)NC4CC4)c(Cl)c3F)c2cc1C(=O)NC(CO)CO. The maximum absolute atomic E-state index is 15.1. The topological polar surface area (TPSA) is 142 Å². The van der Waals surface area contributed by atoms with E-state index in [2.05, 4.69) is 20.9 Å². The number of fused-ring (bicyclic) bond motifs is 1. The largest absolute Gasteiger partial charge is 0.496 e. The first kappa shape index (κ1) is 26.3. The first-order valence-corrected chi connectivity index (χ1v) is 11.6. The second-order valence-corrected chi connectivity index (χ2v) is 8.63. The summed E-state index contributed by atoms with van der Waals surface area (Å²) in [5, 5.41) is 25.6. The van der Waals surface area contributed by atoms with Crippen LogP contribution in [0.4, 0.5) is 19.3 Å². The van der Waals surface area contributed by atoms with Gasteiger partial charge in [-0.05, 0) is 25.0 Å². The Labute approximate surface area is 214 Å². The Morgan fingerprint density at radius 1 is 1.19 bits per heavy atom. The third-order valence-electron chi connectivity index (χ3n) is 5.53. The molecule has 1 aliphatic rings. The molecule has 0 unspecified atom stereocenters. The van der Waals surface area contributed by atoms with Crippen LogP contribution < -0.4 is 25.4 Å². The van der Waals surface area contributed by atoms with Gasteiger partial charge in [0.05, 0.1) is 43.1 Å². The molecule has 0 atom stereocenters. The standard InChI is InChI=1S/C24H23ClF2N4O6/c1-36-19-8-16-13(6-14(19)23(34)29-12(9-32)10-33)18(4-5-28-16)37-22-15(26)7-17(20(25)21(22)27)31-24(35)30-11-2-3-11/h4-8,11-12,32-33H,2-3,9-10H2,1H3,(H,29,34)(H2,30,31,35). The Morgan fingerprint density at radius 2 is 1.92 bits per heavy atom. The number of hydrogen-bond donors (Lipinski definition) is 5. The van der Waals surface area contributed by atoms with Crippen molar-refractivity contribution in [2.24, 2.45) is 0 Å². The Morgan fingerprint density at radius 3 is 2.57 bits per heavy atom. The molecule has 0 bridgehead atoms. The number of nitrogens with zero attached hydrogens (tertiary/aromatic N) is 1. The van der Waals surface area contributed by atoms with Gasteiger partial charge in [-0.2, -0.15) is 0 Å². The molecule has 3 amide bonds. The summed E-state index contributed by atoms with van der Waals surface area (Å²) in [6.45, 7) is -0.999. The number of anilines is 1. The number of halogens is 3. The van der Waals surface area contributed by atoms with Gasteiger partial charge in [0.15, 0.2) is 17.4 Å². The van der Waals surface area contributed by atoms with Crippen LogP contribution >= 0.6 is 11.6 Å². The average Bonchev–Trinajstić information content (AvgIpc) is 3.71. The highest BCUT2D eigenvalue weighted by atomic mass is 35.5. The van der Waals surface area contributed by atoms with E-state index in [1.807, 2.05) is 0 Å². The van der Waals surface area contributed by atoms with Gasteiger partial charge >= 0.3 is 6.03 Å². The number of carbonyl (C=O) groups is 2. The molecule has 1 fully saturated rings. The molecule has 1 aromatic heterocycles. The number of urea groups is 1. The van der Waals surface area contributed by atoms with Gasteiger partial charge in [-0.25, -0.2) is 13.6 Å². The summed E-state index contributed by atoms with van der Waals surface area (Å²) in [6, 6.07) is 3.41. The molecule has 1 saturated carbocycles. The normalized spacial score (nSPS) is 12.9. The quantitative estimate of drug-likeness (QED) is 0.264. The Bertz CT molecular complexity index is 1350. The molecule has 4 rings (SSSR count). The van der Waals surface area contributed by atoms with Crippen molar-refractivity contribution >= 4 is 40.1 Å². The minimum absolute atomic E-state index is 0.0000469. The van der Waals surface area contributed by atoms with Crippen LogP contribution in [0.1, 0.15) is 23.2 Å². The van der Waals surface area contributed by atoms with E-state index in [1.165, 1.54) is 31.5 Å². The van der Waals surface area contributed by atoms with Crippen LogP contribution in [0.15, 0.2) is 30.5 Å². The van der Waals surface area contributed by atoms with Crippen molar-refractivity contribution in [2.75, 3.05) is 25.6 Å². The van der Waals surface area contributed by atoms with E-state index in [0.717, 1.165) is 18.9 Å². The summed E-state index contributed by atoms with van der Waals surface area (Å²) >= 11 is 6.05. The summed E-state index contributed by atoms with van der Waals surface area (Å²) in [7, 11) is 1.33. The fourth-order valence-electron chi connectivity index (χ4n) is 3.44.